The molecular weight excluding hydrogens is 466 g/mol. The molecule has 0 radical (unpaired) electrons. The minimum Gasteiger partial charge on any atom is -0.507 e. The summed E-state index contributed by atoms with van der Waals surface area (Å²) in [6.07, 6.45) is 0. The Hall–Kier alpha value is -2.90. The van der Waals surface area contributed by atoms with Crippen LogP contribution < -0.4 is 4.90 Å². The first-order chi connectivity index (χ1) is 14.3. The molecule has 2 aromatic carbocycles. The summed E-state index contributed by atoms with van der Waals surface area (Å²) in [5, 5.41) is 23.4. The van der Waals surface area contributed by atoms with Crippen LogP contribution in [0.3, 0.4) is 0 Å². The summed E-state index contributed by atoms with van der Waals surface area (Å²) >= 11 is 4.80. The first-order valence-corrected chi connectivity index (χ1v) is 10.9. The number of carbonyl (C=O) groups excluding carboxylic acids is 2. The van der Waals surface area contributed by atoms with E-state index in [0.29, 0.717) is 10.4 Å². The molecule has 0 bridgehead atoms. The lowest BCUT2D eigenvalue weighted by Gasteiger charge is -2.25. The van der Waals surface area contributed by atoms with Gasteiger partial charge in [0.2, 0.25) is 0 Å². The van der Waals surface area contributed by atoms with E-state index in [4.69, 9.17) is 0 Å². The third-order valence-electron chi connectivity index (χ3n) is 5.08. The number of benzene rings is 2. The quantitative estimate of drug-likeness (QED) is 0.294. The first-order valence-electron chi connectivity index (χ1n) is 9.20. The molecule has 3 aromatic rings. The van der Waals surface area contributed by atoms with Gasteiger partial charge in [-0.2, -0.15) is 0 Å². The molecule has 1 amide bonds. The van der Waals surface area contributed by atoms with Gasteiger partial charge < -0.3 is 10.2 Å². The number of thiophene rings is 1. The van der Waals surface area contributed by atoms with Crippen molar-refractivity contribution in [1.29, 1.82) is 0 Å². The lowest BCUT2D eigenvalue weighted by molar-refractivity contribution is -0.132. The number of aromatic hydroxyl groups is 1. The van der Waals surface area contributed by atoms with Crippen LogP contribution in [0, 0.1) is 13.8 Å². The summed E-state index contributed by atoms with van der Waals surface area (Å²) in [6.45, 7) is 3.71. The summed E-state index contributed by atoms with van der Waals surface area (Å²) in [7, 11) is 0. The molecule has 30 heavy (non-hydrogen) atoms. The van der Waals surface area contributed by atoms with Gasteiger partial charge in [-0.25, -0.2) is 0 Å². The molecule has 5 nitrogen and oxygen atoms in total. The zero-order valence-corrected chi connectivity index (χ0v) is 18.6. The number of Topliss-reactive ketones (excluding diaryl/α,β-unsaturated/α-hetero) is 1. The number of nitrogens with zero attached hydrogens (tertiary/aromatic N) is 1. The zero-order chi connectivity index (χ0) is 21.6. The van der Waals surface area contributed by atoms with E-state index in [1.807, 2.05) is 25.3 Å². The largest absolute Gasteiger partial charge is 0.507 e. The number of carbonyl (C=O) groups is 2. The average Bonchev–Trinajstić information content (AvgIpc) is 3.33. The minimum atomic E-state index is -0.832. The van der Waals surface area contributed by atoms with Crippen molar-refractivity contribution in [2.45, 2.75) is 19.9 Å². The standard InChI is InChI=1S/C23H18BrNO4S/c1-12-5-8-17(26)16(10-12)25-20(18-4-3-9-30-18)19(22(28)23(25)29)21(27)14-6-7-15(24)13(2)11-14/h3-11,20,26-27H,1-2H3/b21-19-. The van der Waals surface area contributed by atoms with Gasteiger partial charge in [0.05, 0.1) is 11.3 Å². The molecule has 1 aromatic heterocycles. The Morgan fingerprint density at radius 3 is 2.53 bits per heavy atom. The van der Waals surface area contributed by atoms with Gasteiger partial charge in [-0.05, 0) is 60.7 Å². The summed E-state index contributed by atoms with van der Waals surface area (Å²) in [6, 6.07) is 12.9. The molecule has 7 heteroatoms. The molecule has 4 rings (SSSR count). The molecular formula is C23H18BrNO4S. The molecule has 0 spiro atoms. The highest BCUT2D eigenvalue weighted by Crippen LogP contribution is 2.46. The molecule has 152 valence electrons. The van der Waals surface area contributed by atoms with Gasteiger partial charge >= 0.3 is 0 Å². The highest BCUT2D eigenvalue weighted by molar-refractivity contribution is 9.10. The molecule has 1 aliphatic rings. The number of hydrogen-bond acceptors (Lipinski definition) is 5. The summed E-state index contributed by atoms with van der Waals surface area (Å²) in [4.78, 5) is 28.1. The van der Waals surface area contributed by atoms with E-state index in [-0.39, 0.29) is 22.8 Å². The Labute approximate surface area is 186 Å². The third-order valence-corrected chi connectivity index (χ3v) is 6.89. The number of phenols is 1. The predicted octanol–water partition coefficient (Wildman–Crippen LogP) is 5.46. The number of anilines is 1. The van der Waals surface area contributed by atoms with Crippen molar-refractivity contribution in [1.82, 2.24) is 0 Å². The van der Waals surface area contributed by atoms with E-state index < -0.39 is 17.7 Å². The maximum atomic E-state index is 13.1. The van der Waals surface area contributed by atoms with E-state index >= 15 is 0 Å². The smallest absolute Gasteiger partial charge is 0.300 e. The number of rotatable bonds is 3. The van der Waals surface area contributed by atoms with Crippen molar-refractivity contribution in [3.05, 3.63) is 85.5 Å². The molecule has 1 aliphatic heterocycles. The van der Waals surface area contributed by atoms with E-state index in [1.165, 1.54) is 22.3 Å². The molecule has 2 N–H and O–H groups in total. The van der Waals surface area contributed by atoms with E-state index in [1.54, 1.807) is 36.4 Å². The fraction of sp³-hybridized carbons (Fsp3) is 0.130. The van der Waals surface area contributed by atoms with Gasteiger partial charge in [0.1, 0.15) is 17.6 Å². The number of aliphatic hydroxyl groups excluding tert-OH is 1. The number of phenolic OH excluding ortho intramolecular Hbond substituents is 1. The molecule has 0 aliphatic carbocycles. The Bertz CT molecular complexity index is 1200. The molecule has 2 heterocycles. The van der Waals surface area contributed by atoms with Crippen molar-refractivity contribution < 1.29 is 19.8 Å². The van der Waals surface area contributed by atoms with Crippen molar-refractivity contribution in [3.63, 3.8) is 0 Å². The number of hydrogen-bond donors (Lipinski definition) is 2. The summed E-state index contributed by atoms with van der Waals surface area (Å²) in [5.41, 5.74) is 2.41. The SMILES string of the molecule is Cc1ccc(O)c(N2C(=O)C(=O)/C(=C(\O)c3ccc(Br)c(C)c3)C2c2cccs2)c1. The zero-order valence-electron chi connectivity index (χ0n) is 16.2. The molecule has 1 fully saturated rings. The predicted molar refractivity (Wildman–Crippen MR) is 121 cm³/mol. The van der Waals surface area contributed by atoms with Crippen molar-refractivity contribution >= 4 is 50.4 Å². The van der Waals surface area contributed by atoms with Gasteiger partial charge in [-0.1, -0.05) is 34.1 Å². The fourth-order valence-corrected chi connectivity index (χ4v) is 4.64. The van der Waals surface area contributed by atoms with E-state index in [2.05, 4.69) is 15.9 Å². The molecule has 0 saturated carbocycles. The number of ketones is 1. The fourth-order valence-electron chi connectivity index (χ4n) is 3.57. The molecule has 1 atom stereocenters. The normalized spacial score (nSPS) is 18.2. The van der Waals surface area contributed by atoms with Crippen LogP contribution in [-0.4, -0.2) is 21.9 Å². The minimum absolute atomic E-state index is 0.00470. The van der Waals surface area contributed by atoms with Gasteiger partial charge in [-0.3, -0.25) is 14.5 Å². The van der Waals surface area contributed by atoms with Crippen LogP contribution >= 0.6 is 27.3 Å². The maximum Gasteiger partial charge on any atom is 0.300 e. The van der Waals surface area contributed by atoms with Crippen LogP contribution in [0.5, 0.6) is 5.75 Å². The van der Waals surface area contributed by atoms with E-state index in [9.17, 15) is 19.8 Å². The topological polar surface area (TPSA) is 77.8 Å². The van der Waals surface area contributed by atoms with Crippen molar-refractivity contribution in [2.75, 3.05) is 4.90 Å². The maximum absolute atomic E-state index is 13.1. The second-order valence-corrected chi connectivity index (χ2v) is 8.97. The number of aryl methyl sites for hydroxylation is 2. The van der Waals surface area contributed by atoms with Crippen LogP contribution in [0.4, 0.5) is 5.69 Å². The highest BCUT2D eigenvalue weighted by atomic mass is 79.9. The molecule has 1 unspecified atom stereocenters. The Kier molecular flexibility index (Phi) is 5.26. The monoisotopic (exact) mass is 483 g/mol. The number of amides is 1. The number of aliphatic hydroxyl groups is 1. The highest BCUT2D eigenvalue weighted by Gasteiger charge is 2.48. The summed E-state index contributed by atoms with van der Waals surface area (Å²) < 4.78 is 0.874. The van der Waals surface area contributed by atoms with Crippen LogP contribution in [0.2, 0.25) is 0 Å². The lowest BCUT2D eigenvalue weighted by Crippen LogP contribution is -2.29. The Balaban J connectivity index is 1.96. The van der Waals surface area contributed by atoms with Gasteiger partial charge in [0.15, 0.2) is 0 Å². The van der Waals surface area contributed by atoms with Gasteiger partial charge in [0, 0.05) is 14.9 Å². The first kappa shape index (κ1) is 20.4. The second-order valence-electron chi connectivity index (χ2n) is 7.14. The summed E-state index contributed by atoms with van der Waals surface area (Å²) in [5.74, 6) is -1.92. The van der Waals surface area contributed by atoms with Gasteiger partial charge in [-0.15, -0.1) is 11.3 Å². The van der Waals surface area contributed by atoms with Gasteiger partial charge in [0.25, 0.3) is 11.7 Å². The Morgan fingerprint density at radius 1 is 1.10 bits per heavy atom. The number of halogens is 1. The van der Waals surface area contributed by atoms with Crippen LogP contribution in [0.25, 0.3) is 5.76 Å². The van der Waals surface area contributed by atoms with Crippen molar-refractivity contribution in [3.8, 4) is 5.75 Å². The van der Waals surface area contributed by atoms with Crippen LogP contribution in [0.15, 0.2) is 64.0 Å². The Morgan fingerprint density at radius 2 is 1.87 bits per heavy atom. The lowest BCUT2D eigenvalue weighted by atomic mass is 9.99. The second kappa shape index (κ2) is 7.74. The molecule has 1 saturated heterocycles. The van der Waals surface area contributed by atoms with Crippen LogP contribution in [-0.2, 0) is 9.59 Å². The van der Waals surface area contributed by atoms with E-state index in [0.717, 1.165) is 15.6 Å². The van der Waals surface area contributed by atoms with Crippen LogP contribution in [0.1, 0.15) is 27.6 Å². The average molecular weight is 484 g/mol. The van der Waals surface area contributed by atoms with Crippen molar-refractivity contribution in [2.24, 2.45) is 0 Å². The third kappa shape index (κ3) is 3.34.